The molecule has 0 unspecified atom stereocenters. The predicted octanol–water partition coefficient (Wildman–Crippen LogP) is 1.31. The molecule has 0 spiro atoms. The maximum atomic E-state index is 11.4. The van der Waals surface area contributed by atoms with Crippen LogP contribution in [0.15, 0.2) is 17.1 Å². The Labute approximate surface area is 71.1 Å². The molecule has 64 valence electrons. The molecule has 1 aromatic heterocycles. The van der Waals surface area contributed by atoms with Crippen LogP contribution in [-0.2, 0) is 0 Å². The van der Waals surface area contributed by atoms with Crippen molar-refractivity contribution in [3.05, 3.63) is 28.4 Å². The number of nitrogens with zero attached hydrogens (tertiary/aromatic N) is 2. The highest BCUT2D eigenvalue weighted by atomic mass is 16.1. The third-order valence-electron chi connectivity index (χ3n) is 2.48. The first kappa shape index (κ1) is 7.53. The Bertz CT molecular complexity index is 356. The van der Waals surface area contributed by atoms with Crippen LogP contribution in [0.5, 0.6) is 0 Å². The summed E-state index contributed by atoms with van der Waals surface area (Å²) in [5, 5.41) is 0. The second-order valence-electron chi connectivity index (χ2n) is 3.50. The van der Waals surface area contributed by atoms with E-state index >= 15 is 0 Å². The fraction of sp³-hybridized carbons (Fsp3) is 0.556. The van der Waals surface area contributed by atoms with Gasteiger partial charge in [-0.15, -0.1) is 0 Å². The Morgan fingerprint density at radius 1 is 1.58 bits per heavy atom. The van der Waals surface area contributed by atoms with E-state index in [-0.39, 0.29) is 5.56 Å². The minimum Gasteiger partial charge on any atom is -0.294 e. The van der Waals surface area contributed by atoms with Crippen molar-refractivity contribution < 1.29 is 0 Å². The first-order valence-corrected chi connectivity index (χ1v) is 4.27. The fourth-order valence-electron chi connectivity index (χ4n) is 1.96. The summed E-state index contributed by atoms with van der Waals surface area (Å²) in [6, 6.07) is 1.84. The molecule has 0 saturated carbocycles. The van der Waals surface area contributed by atoms with Crippen molar-refractivity contribution in [1.82, 2.24) is 9.55 Å². The van der Waals surface area contributed by atoms with E-state index in [1.165, 1.54) is 6.07 Å². The summed E-state index contributed by atoms with van der Waals surface area (Å²) in [5.74, 6) is 1.36. The van der Waals surface area contributed by atoms with Gasteiger partial charge < -0.3 is 0 Å². The largest absolute Gasteiger partial charge is 0.294 e. The van der Waals surface area contributed by atoms with Crippen LogP contribution in [-0.4, -0.2) is 9.55 Å². The topological polar surface area (TPSA) is 34.9 Å². The third kappa shape index (κ3) is 0.891. The van der Waals surface area contributed by atoms with Gasteiger partial charge in [0.25, 0.3) is 5.56 Å². The van der Waals surface area contributed by atoms with Crippen molar-refractivity contribution in [2.24, 2.45) is 0 Å². The first-order chi connectivity index (χ1) is 5.70. The Hall–Kier alpha value is -1.12. The van der Waals surface area contributed by atoms with E-state index in [1.54, 1.807) is 10.8 Å². The van der Waals surface area contributed by atoms with Gasteiger partial charge in [-0.05, 0) is 13.3 Å². The number of fused-ring (bicyclic) bond motifs is 1. The fourth-order valence-corrected chi connectivity index (χ4v) is 1.96. The van der Waals surface area contributed by atoms with Gasteiger partial charge in [-0.25, -0.2) is 4.98 Å². The Morgan fingerprint density at radius 2 is 2.33 bits per heavy atom. The third-order valence-corrected chi connectivity index (χ3v) is 2.48. The van der Waals surface area contributed by atoms with Gasteiger partial charge in [0.1, 0.15) is 5.82 Å². The highest BCUT2D eigenvalue weighted by molar-refractivity contribution is 5.06. The molecule has 0 bridgehead atoms. The van der Waals surface area contributed by atoms with Gasteiger partial charge in [-0.3, -0.25) is 9.36 Å². The molecule has 0 saturated heterocycles. The molecule has 0 fully saturated rings. The van der Waals surface area contributed by atoms with E-state index in [1.807, 2.05) is 0 Å². The molecule has 1 aromatic rings. The van der Waals surface area contributed by atoms with Crippen LogP contribution in [0.1, 0.15) is 38.1 Å². The van der Waals surface area contributed by atoms with Crippen molar-refractivity contribution in [1.29, 1.82) is 0 Å². The smallest absolute Gasteiger partial charge is 0.253 e. The van der Waals surface area contributed by atoms with Crippen molar-refractivity contribution in [3.63, 3.8) is 0 Å². The monoisotopic (exact) mass is 164 g/mol. The lowest BCUT2D eigenvalue weighted by Crippen LogP contribution is -2.21. The Morgan fingerprint density at radius 3 is 3.00 bits per heavy atom. The summed E-state index contributed by atoms with van der Waals surface area (Å²) in [7, 11) is 0. The molecular weight excluding hydrogens is 152 g/mol. The number of hydrogen-bond donors (Lipinski definition) is 0. The van der Waals surface area contributed by atoms with E-state index in [9.17, 15) is 4.79 Å². The molecular formula is C9H12N2O. The molecule has 2 atom stereocenters. The van der Waals surface area contributed by atoms with Gasteiger partial charge >= 0.3 is 0 Å². The van der Waals surface area contributed by atoms with Crippen LogP contribution < -0.4 is 5.56 Å². The molecule has 12 heavy (non-hydrogen) atoms. The summed E-state index contributed by atoms with van der Waals surface area (Å²) in [5.41, 5.74) is 0.0804. The number of hydrogen-bond acceptors (Lipinski definition) is 2. The molecule has 0 amide bonds. The molecule has 0 N–H and O–H groups in total. The van der Waals surface area contributed by atoms with E-state index < -0.39 is 0 Å². The van der Waals surface area contributed by atoms with Crippen molar-refractivity contribution >= 4 is 0 Å². The zero-order chi connectivity index (χ0) is 8.72. The first-order valence-electron chi connectivity index (χ1n) is 4.27. The standard InChI is InChI=1S/C9H12N2O/c1-6-5-7(2)11-8(12)3-4-10-9(6)11/h3-4,6-7H,5H2,1-2H3/t6-,7+/m0/s1. The van der Waals surface area contributed by atoms with Gasteiger partial charge in [0.05, 0.1) is 0 Å². The summed E-state index contributed by atoms with van der Waals surface area (Å²) in [6.45, 7) is 4.18. The van der Waals surface area contributed by atoms with Crippen LogP contribution in [0.25, 0.3) is 0 Å². The van der Waals surface area contributed by atoms with Crippen LogP contribution in [0.2, 0.25) is 0 Å². The summed E-state index contributed by atoms with van der Waals surface area (Å²) in [6.07, 6.45) is 2.63. The van der Waals surface area contributed by atoms with E-state index in [2.05, 4.69) is 18.8 Å². The van der Waals surface area contributed by atoms with E-state index in [0.29, 0.717) is 12.0 Å². The molecule has 3 nitrogen and oxygen atoms in total. The molecule has 0 aromatic carbocycles. The predicted molar refractivity (Wildman–Crippen MR) is 46.2 cm³/mol. The van der Waals surface area contributed by atoms with Crippen LogP contribution in [0.4, 0.5) is 0 Å². The van der Waals surface area contributed by atoms with Gasteiger partial charge in [-0.2, -0.15) is 0 Å². The second-order valence-corrected chi connectivity index (χ2v) is 3.50. The normalized spacial score (nSPS) is 27.2. The number of rotatable bonds is 0. The van der Waals surface area contributed by atoms with Gasteiger partial charge in [0.2, 0.25) is 0 Å². The lowest BCUT2D eigenvalue weighted by Gasteiger charge is -2.05. The molecule has 0 radical (unpaired) electrons. The van der Waals surface area contributed by atoms with Crippen molar-refractivity contribution in [2.45, 2.75) is 32.2 Å². The maximum absolute atomic E-state index is 11.4. The lowest BCUT2D eigenvalue weighted by molar-refractivity contribution is 0.547. The van der Waals surface area contributed by atoms with Gasteiger partial charge in [0.15, 0.2) is 0 Å². The van der Waals surface area contributed by atoms with Crippen LogP contribution in [0, 0.1) is 0 Å². The lowest BCUT2D eigenvalue weighted by atomic mass is 10.1. The molecule has 1 aliphatic rings. The summed E-state index contributed by atoms with van der Waals surface area (Å²) in [4.78, 5) is 15.6. The van der Waals surface area contributed by atoms with Crippen molar-refractivity contribution in [3.8, 4) is 0 Å². The van der Waals surface area contributed by atoms with E-state index in [4.69, 9.17) is 0 Å². The minimum atomic E-state index is 0.0804. The molecule has 0 aliphatic carbocycles. The molecule has 1 aliphatic heterocycles. The SMILES string of the molecule is C[C@@H]1C[C@H](C)c2nccc(=O)n21. The van der Waals surface area contributed by atoms with Gasteiger partial charge in [0, 0.05) is 24.2 Å². The van der Waals surface area contributed by atoms with Crippen LogP contribution >= 0.6 is 0 Å². The molecule has 3 heteroatoms. The maximum Gasteiger partial charge on any atom is 0.253 e. The Kier molecular flexibility index (Phi) is 1.53. The highest BCUT2D eigenvalue weighted by Gasteiger charge is 2.26. The zero-order valence-electron chi connectivity index (χ0n) is 7.32. The van der Waals surface area contributed by atoms with Crippen molar-refractivity contribution in [2.75, 3.05) is 0 Å². The summed E-state index contributed by atoms with van der Waals surface area (Å²) >= 11 is 0. The van der Waals surface area contributed by atoms with E-state index in [0.717, 1.165) is 12.2 Å². The molecule has 2 heterocycles. The Balaban J connectivity index is 2.67. The van der Waals surface area contributed by atoms with Gasteiger partial charge in [-0.1, -0.05) is 6.92 Å². The minimum absolute atomic E-state index is 0.0804. The molecule has 2 rings (SSSR count). The van der Waals surface area contributed by atoms with Crippen LogP contribution in [0.3, 0.4) is 0 Å². The quantitative estimate of drug-likeness (QED) is 0.579. The zero-order valence-corrected chi connectivity index (χ0v) is 7.32. The highest BCUT2D eigenvalue weighted by Crippen LogP contribution is 2.31. The summed E-state index contributed by atoms with van der Waals surface area (Å²) < 4.78 is 1.80. The number of aromatic nitrogens is 2. The average Bonchev–Trinajstić information content (AvgIpc) is 2.29. The second kappa shape index (κ2) is 2.44. The average molecular weight is 164 g/mol.